The third kappa shape index (κ3) is 1.81. The first-order valence-corrected chi connectivity index (χ1v) is 5.09. The molecule has 14 heavy (non-hydrogen) atoms. The van der Waals surface area contributed by atoms with Crippen molar-refractivity contribution in [2.45, 2.75) is 6.92 Å². The van der Waals surface area contributed by atoms with Crippen molar-refractivity contribution < 1.29 is 4.42 Å². The lowest BCUT2D eigenvalue weighted by Gasteiger charge is -1.95. The summed E-state index contributed by atoms with van der Waals surface area (Å²) < 4.78 is 6.14. The molecule has 0 spiro atoms. The van der Waals surface area contributed by atoms with Gasteiger partial charge >= 0.3 is 0 Å². The highest BCUT2D eigenvalue weighted by Crippen LogP contribution is 2.25. The smallest absolute Gasteiger partial charge is 0.292 e. The number of aromatic nitrogens is 2. The molecule has 0 amide bonds. The molecule has 2 aromatic heterocycles. The van der Waals surface area contributed by atoms with Crippen LogP contribution < -0.4 is 0 Å². The van der Waals surface area contributed by atoms with E-state index in [4.69, 9.17) is 16.0 Å². The number of rotatable bonds is 1. The molecule has 0 aliphatic carbocycles. The molecule has 0 saturated heterocycles. The zero-order valence-corrected chi connectivity index (χ0v) is 9.63. The zero-order valence-electron chi connectivity index (χ0n) is 7.29. The minimum absolute atomic E-state index is 0.141. The summed E-state index contributed by atoms with van der Waals surface area (Å²) >= 11 is 8.94. The minimum atomic E-state index is 0.141. The Kier molecular flexibility index (Phi) is 2.56. The Hall–Kier alpha value is -0.870. The highest BCUT2D eigenvalue weighted by Gasteiger charge is 2.10. The van der Waals surface area contributed by atoms with E-state index in [1.165, 1.54) is 0 Å². The van der Waals surface area contributed by atoms with Crippen LogP contribution in [0.1, 0.15) is 5.69 Å². The van der Waals surface area contributed by atoms with Crippen LogP contribution in [0.15, 0.2) is 27.2 Å². The summed E-state index contributed by atoms with van der Waals surface area (Å²) in [6, 6.07) is 3.73. The van der Waals surface area contributed by atoms with E-state index in [0.717, 1.165) is 15.9 Å². The van der Waals surface area contributed by atoms with E-state index >= 15 is 0 Å². The van der Waals surface area contributed by atoms with Gasteiger partial charge in [0.25, 0.3) is 5.35 Å². The van der Waals surface area contributed by atoms with Crippen LogP contribution in [-0.4, -0.2) is 9.97 Å². The number of nitrogens with zero attached hydrogens (tertiary/aromatic N) is 2. The van der Waals surface area contributed by atoms with Gasteiger partial charge < -0.3 is 4.42 Å². The van der Waals surface area contributed by atoms with Crippen molar-refractivity contribution in [2.75, 3.05) is 0 Å². The van der Waals surface area contributed by atoms with Crippen LogP contribution in [0.5, 0.6) is 0 Å². The second-order valence-electron chi connectivity index (χ2n) is 2.74. The lowest BCUT2D eigenvalue weighted by atomic mass is 10.2. The summed E-state index contributed by atoms with van der Waals surface area (Å²) in [6.45, 7) is 1.83. The average Bonchev–Trinajstić information content (AvgIpc) is 2.47. The summed E-state index contributed by atoms with van der Waals surface area (Å²) in [7, 11) is 0. The molecule has 0 unspecified atom stereocenters. The summed E-state index contributed by atoms with van der Waals surface area (Å²) in [4.78, 5) is 8.14. The maximum absolute atomic E-state index is 5.63. The Labute approximate surface area is 94.3 Å². The summed E-state index contributed by atoms with van der Waals surface area (Å²) in [5.74, 6) is 0.613. The maximum atomic E-state index is 5.63. The highest BCUT2D eigenvalue weighted by atomic mass is 79.9. The number of oxazole rings is 1. The molecule has 0 aromatic carbocycles. The van der Waals surface area contributed by atoms with Gasteiger partial charge in [0.2, 0.25) is 0 Å². The highest BCUT2D eigenvalue weighted by molar-refractivity contribution is 9.10. The van der Waals surface area contributed by atoms with Gasteiger partial charge in [-0.15, -0.1) is 0 Å². The first kappa shape index (κ1) is 9.68. The monoisotopic (exact) mass is 272 g/mol. The Morgan fingerprint density at radius 3 is 2.71 bits per heavy atom. The molecule has 2 aromatic rings. The molecule has 5 heteroatoms. The van der Waals surface area contributed by atoms with Crippen molar-refractivity contribution in [3.8, 4) is 11.5 Å². The number of halogens is 2. The molecule has 0 saturated carbocycles. The molecule has 0 aliphatic heterocycles. The van der Waals surface area contributed by atoms with Crippen LogP contribution >= 0.6 is 27.5 Å². The van der Waals surface area contributed by atoms with Crippen LogP contribution in [0, 0.1) is 6.92 Å². The Balaban J connectivity index is 2.49. The standard InChI is InChI=1S/C9H6BrClN2O/c1-5-8(14-9(11)13-5)7-3-2-6(10)4-12-7/h2-4H,1H3. The molecule has 0 N–H and O–H groups in total. The molecule has 0 radical (unpaired) electrons. The molecule has 2 rings (SSSR count). The lowest BCUT2D eigenvalue weighted by Crippen LogP contribution is -1.82. The lowest BCUT2D eigenvalue weighted by molar-refractivity contribution is 0.571. The van der Waals surface area contributed by atoms with Crippen LogP contribution in [0.3, 0.4) is 0 Å². The fourth-order valence-electron chi connectivity index (χ4n) is 1.11. The minimum Gasteiger partial charge on any atom is -0.426 e. The van der Waals surface area contributed by atoms with Gasteiger partial charge in [-0.2, -0.15) is 0 Å². The summed E-state index contributed by atoms with van der Waals surface area (Å²) in [5.41, 5.74) is 1.47. The fraction of sp³-hybridized carbons (Fsp3) is 0.111. The largest absolute Gasteiger partial charge is 0.426 e. The quantitative estimate of drug-likeness (QED) is 0.798. The second-order valence-corrected chi connectivity index (χ2v) is 3.98. The van der Waals surface area contributed by atoms with Gasteiger partial charge in [0.1, 0.15) is 5.69 Å². The van der Waals surface area contributed by atoms with Crippen LogP contribution in [0.2, 0.25) is 5.35 Å². The third-order valence-electron chi connectivity index (χ3n) is 1.73. The number of hydrogen-bond acceptors (Lipinski definition) is 3. The van der Waals surface area contributed by atoms with Gasteiger partial charge in [-0.3, -0.25) is 4.98 Å². The summed E-state index contributed by atoms with van der Waals surface area (Å²) in [6.07, 6.45) is 1.70. The maximum Gasteiger partial charge on any atom is 0.292 e. The zero-order chi connectivity index (χ0) is 10.1. The van der Waals surface area contributed by atoms with E-state index < -0.39 is 0 Å². The van der Waals surface area contributed by atoms with Gasteiger partial charge in [-0.05, 0) is 46.6 Å². The van der Waals surface area contributed by atoms with Gasteiger partial charge in [0, 0.05) is 10.7 Å². The Morgan fingerprint density at radius 2 is 2.21 bits per heavy atom. The first-order valence-electron chi connectivity index (χ1n) is 3.91. The van der Waals surface area contributed by atoms with E-state index in [9.17, 15) is 0 Å². The molecule has 0 fully saturated rings. The predicted molar refractivity (Wildman–Crippen MR) is 57.2 cm³/mol. The topological polar surface area (TPSA) is 38.9 Å². The Bertz CT molecular complexity index is 452. The molecule has 0 aliphatic rings. The van der Waals surface area contributed by atoms with E-state index in [2.05, 4.69) is 25.9 Å². The molecular weight excluding hydrogens is 267 g/mol. The molecular formula is C9H6BrClN2O. The van der Waals surface area contributed by atoms with Crippen molar-refractivity contribution in [1.82, 2.24) is 9.97 Å². The predicted octanol–water partition coefficient (Wildman–Crippen LogP) is 3.46. The van der Waals surface area contributed by atoms with Crippen molar-refractivity contribution >= 4 is 27.5 Å². The second kappa shape index (κ2) is 3.71. The van der Waals surface area contributed by atoms with Crippen LogP contribution in [0.25, 0.3) is 11.5 Å². The molecule has 3 nitrogen and oxygen atoms in total. The van der Waals surface area contributed by atoms with Crippen molar-refractivity contribution in [3.63, 3.8) is 0 Å². The van der Waals surface area contributed by atoms with E-state index in [-0.39, 0.29) is 5.35 Å². The van der Waals surface area contributed by atoms with Crippen molar-refractivity contribution in [2.24, 2.45) is 0 Å². The van der Waals surface area contributed by atoms with E-state index in [0.29, 0.717) is 5.76 Å². The van der Waals surface area contributed by atoms with Crippen molar-refractivity contribution in [1.29, 1.82) is 0 Å². The molecule has 72 valence electrons. The van der Waals surface area contributed by atoms with Crippen LogP contribution in [0.4, 0.5) is 0 Å². The van der Waals surface area contributed by atoms with E-state index in [1.54, 1.807) is 6.20 Å². The SMILES string of the molecule is Cc1nc(Cl)oc1-c1ccc(Br)cn1. The molecule has 0 atom stereocenters. The Morgan fingerprint density at radius 1 is 1.43 bits per heavy atom. The number of pyridine rings is 1. The number of hydrogen-bond donors (Lipinski definition) is 0. The molecule has 2 heterocycles. The van der Waals surface area contributed by atoms with Gasteiger partial charge in [-0.25, -0.2) is 4.98 Å². The first-order chi connectivity index (χ1) is 6.66. The molecule has 0 bridgehead atoms. The van der Waals surface area contributed by atoms with Gasteiger partial charge in [-0.1, -0.05) is 0 Å². The van der Waals surface area contributed by atoms with Gasteiger partial charge in [0.15, 0.2) is 5.76 Å². The van der Waals surface area contributed by atoms with Gasteiger partial charge in [0.05, 0.1) is 5.69 Å². The van der Waals surface area contributed by atoms with E-state index in [1.807, 2.05) is 19.1 Å². The summed E-state index contributed by atoms with van der Waals surface area (Å²) in [5, 5.41) is 0.141. The van der Waals surface area contributed by atoms with Crippen LogP contribution in [-0.2, 0) is 0 Å². The average molecular weight is 274 g/mol. The van der Waals surface area contributed by atoms with Crippen molar-refractivity contribution in [3.05, 3.63) is 33.8 Å². The number of aryl methyl sites for hydroxylation is 1. The normalized spacial score (nSPS) is 10.5. The fourth-order valence-corrected chi connectivity index (χ4v) is 1.55. The third-order valence-corrected chi connectivity index (χ3v) is 2.36.